The van der Waals surface area contributed by atoms with Gasteiger partial charge in [-0.2, -0.15) is 0 Å². The Balaban J connectivity index is 1.95. The Bertz CT molecular complexity index is 662. The van der Waals surface area contributed by atoms with Gasteiger partial charge in [-0.15, -0.1) is 0 Å². The van der Waals surface area contributed by atoms with Crippen LogP contribution < -0.4 is 5.32 Å². The Morgan fingerprint density at radius 1 is 1.48 bits per heavy atom. The average molecular weight is 305 g/mol. The number of nitrogens with zero attached hydrogens (tertiary/aromatic N) is 2. The lowest BCUT2D eigenvalue weighted by molar-refractivity contribution is 0.0835. The molecule has 3 rings (SSSR count). The van der Waals surface area contributed by atoms with Gasteiger partial charge >= 0.3 is 0 Å². The van der Waals surface area contributed by atoms with Crippen molar-refractivity contribution >= 4 is 23.2 Å². The van der Waals surface area contributed by atoms with E-state index in [0.717, 1.165) is 36.4 Å². The fourth-order valence-corrected chi connectivity index (χ4v) is 3.53. The first-order chi connectivity index (χ1) is 10.2. The third-order valence-electron chi connectivity index (χ3n) is 4.16. The molecule has 0 radical (unpaired) electrons. The van der Waals surface area contributed by atoms with Crippen LogP contribution in [-0.4, -0.2) is 38.8 Å². The zero-order valence-electron chi connectivity index (χ0n) is 12.0. The van der Waals surface area contributed by atoms with E-state index in [9.17, 15) is 9.90 Å². The highest BCUT2D eigenvalue weighted by molar-refractivity contribution is 7.98. The highest BCUT2D eigenvalue weighted by atomic mass is 32.2. The standard InChI is InChI=1S/C15H19N3O2S/c1-21-14-16-12(11-6-2-5-9-18(11)14)13(20)17-15(10-19)7-3-4-8-15/h2,5-6,9,19H,3-4,7-8,10H2,1H3,(H,17,20). The second kappa shape index (κ2) is 5.69. The molecule has 0 aromatic carbocycles. The SMILES string of the molecule is CSc1nc(C(=O)NC2(CO)CCCC2)c2ccccn12. The first-order valence-corrected chi connectivity index (χ1v) is 8.36. The van der Waals surface area contributed by atoms with Crippen LogP contribution in [0.15, 0.2) is 29.6 Å². The van der Waals surface area contributed by atoms with E-state index in [1.165, 1.54) is 11.8 Å². The van der Waals surface area contributed by atoms with E-state index in [0.29, 0.717) is 5.69 Å². The Labute approximate surface area is 127 Å². The van der Waals surface area contributed by atoms with Crippen molar-refractivity contribution in [2.75, 3.05) is 12.9 Å². The van der Waals surface area contributed by atoms with Gasteiger partial charge in [0.25, 0.3) is 5.91 Å². The highest BCUT2D eigenvalue weighted by Crippen LogP contribution is 2.30. The van der Waals surface area contributed by atoms with Crippen LogP contribution in [0, 0.1) is 0 Å². The summed E-state index contributed by atoms with van der Waals surface area (Å²) in [6.07, 6.45) is 7.59. The van der Waals surface area contributed by atoms with Gasteiger partial charge in [-0.1, -0.05) is 30.7 Å². The van der Waals surface area contributed by atoms with Crippen molar-refractivity contribution in [2.45, 2.75) is 36.4 Å². The van der Waals surface area contributed by atoms with E-state index in [1.54, 1.807) is 0 Å². The van der Waals surface area contributed by atoms with E-state index in [4.69, 9.17) is 0 Å². The first-order valence-electron chi connectivity index (χ1n) is 7.13. The third kappa shape index (κ3) is 2.53. The van der Waals surface area contributed by atoms with Gasteiger partial charge in [0, 0.05) is 6.20 Å². The minimum Gasteiger partial charge on any atom is -0.394 e. The molecular formula is C15H19N3O2S. The molecule has 1 saturated carbocycles. The summed E-state index contributed by atoms with van der Waals surface area (Å²) in [4.78, 5) is 17.0. The van der Waals surface area contributed by atoms with Gasteiger partial charge in [-0.05, 0) is 31.2 Å². The van der Waals surface area contributed by atoms with Crippen LogP contribution in [-0.2, 0) is 0 Å². The number of amides is 1. The molecule has 0 bridgehead atoms. The largest absolute Gasteiger partial charge is 0.394 e. The molecule has 112 valence electrons. The highest BCUT2D eigenvalue weighted by Gasteiger charge is 2.35. The van der Waals surface area contributed by atoms with Crippen molar-refractivity contribution in [3.05, 3.63) is 30.1 Å². The van der Waals surface area contributed by atoms with E-state index < -0.39 is 5.54 Å². The molecule has 5 nitrogen and oxygen atoms in total. The van der Waals surface area contributed by atoms with Gasteiger partial charge in [0.1, 0.15) is 0 Å². The quantitative estimate of drug-likeness (QED) is 0.849. The molecule has 2 heterocycles. The number of pyridine rings is 1. The number of nitrogens with one attached hydrogen (secondary N) is 1. The zero-order chi connectivity index (χ0) is 14.9. The third-order valence-corrected chi connectivity index (χ3v) is 4.81. The predicted octanol–water partition coefficient (Wildman–Crippen LogP) is 2.09. The number of aliphatic hydroxyl groups is 1. The summed E-state index contributed by atoms with van der Waals surface area (Å²) in [5.74, 6) is -0.199. The molecule has 21 heavy (non-hydrogen) atoms. The number of hydrogen-bond donors (Lipinski definition) is 2. The van der Waals surface area contributed by atoms with E-state index in [1.807, 2.05) is 35.1 Å². The number of rotatable bonds is 4. The molecule has 1 aliphatic rings. The second-order valence-corrected chi connectivity index (χ2v) is 6.28. The maximum Gasteiger partial charge on any atom is 0.272 e. The Kier molecular flexibility index (Phi) is 3.91. The smallest absolute Gasteiger partial charge is 0.272 e. The fraction of sp³-hybridized carbons (Fsp3) is 0.467. The normalized spacial score (nSPS) is 17.2. The van der Waals surface area contributed by atoms with Crippen molar-refractivity contribution in [1.29, 1.82) is 0 Å². The summed E-state index contributed by atoms with van der Waals surface area (Å²) in [6, 6.07) is 5.71. The molecule has 1 fully saturated rings. The van der Waals surface area contributed by atoms with Crippen LogP contribution in [0.3, 0.4) is 0 Å². The van der Waals surface area contributed by atoms with Crippen LogP contribution in [0.4, 0.5) is 0 Å². The molecular weight excluding hydrogens is 286 g/mol. The monoisotopic (exact) mass is 305 g/mol. The molecule has 2 aromatic heterocycles. The number of carbonyl (C=O) groups is 1. The molecule has 2 N–H and O–H groups in total. The summed E-state index contributed by atoms with van der Waals surface area (Å²) < 4.78 is 1.92. The van der Waals surface area contributed by atoms with Crippen LogP contribution in [0.1, 0.15) is 36.2 Å². The molecule has 0 spiro atoms. The summed E-state index contributed by atoms with van der Waals surface area (Å²) in [6.45, 7) is -0.0140. The lowest BCUT2D eigenvalue weighted by atomic mass is 9.98. The summed E-state index contributed by atoms with van der Waals surface area (Å²) in [5.41, 5.74) is 0.756. The van der Waals surface area contributed by atoms with Crippen LogP contribution >= 0.6 is 11.8 Å². The van der Waals surface area contributed by atoms with Gasteiger partial charge in [0.15, 0.2) is 10.9 Å². The fourth-order valence-electron chi connectivity index (χ4n) is 3.00. The first kappa shape index (κ1) is 14.4. The number of thioether (sulfide) groups is 1. The maximum atomic E-state index is 12.6. The molecule has 0 atom stereocenters. The minimum absolute atomic E-state index is 0.0140. The van der Waals surface area contributed by atoms with Crippen molar-refractivity contribution in [3.8, 4) is 0 Å². The minimum atomic E-state index is -0.471. The van der Waals surface area contributed by atoms with Gasteiger partial charge in [-0.25, -0.2) is 4.98 Å². The maximum absolute atomic E-state index is 12.6. The molecule has 2 aromatic rings. The number of aromatic nitrogens is 2. The zero-order valence-corrected chi connectivity index (χ0v) is 12.8. The summed E-state index contributed by atoms with van der Waals surface area (Å²) in [7, 11) is 0. The van der Waals surface area contributed by atoms with E-state index >= 15 is 0 Å². The van der Waals surface area contributed by atoms with Crippen molar-refractivity contribution in [2.24, 2.45) is 0 Å². The lowest BCUT2D eigenvalue weighted by Gasteiger charge is -2.27. The summed E-state index contributed by atoms with van der Waals surface area (Å²) >= 11 is 1.51. The van der Waals surface area contributed by atoms with Crippen molar-refractivity contribution < 1.29 is 9.90 Å². The number of hydrogen-bond acceptors (Lipinski definition) is 4. The van der Waals surface area contributed by atoms with Gasteiger partial charge in [0.05, 0.1) is 17.7 Å². The topological polar surface area (TPSA) is 66.6 Å². The van der Waals surface area contributed by atoms with Gasteiger partial charge in [-0.3, -0.25) is 9.20 Å². The summed E-state index contributed by atoms with van der Waals surface area (Å²) in [5, 5.41) is 13.4. The molecule has 0 saturated heterocycles. The van der Waals surface area contributed by atoms with Crippen LogP contribution in [0.2, 0.25) is 0 Å². The van der Waals surface area contributed by atoms with Crippen LogP contribution in [0.5, 0.6) is 0 Å². The lowest BCUT2D eigenvalue weighted by Crippen LogP contribution is -2.49. The van der Waals surface area contributed by atoms with E-state index in [2.05, 4.69) is 10.3 Å². The molecule has 0 unspecified atom stereocenters. The van der Waals surface area contributed by atoms with Crippen LogP contribution in [0.25, 0.3) is 5.52 Å². The molecule has 1 aliphatic carbocycles. The Morgan fingerprint density at radius 2 is 2.24 bits per heavy atom. The number of carbonyl (C=O) groups excluding carboxylic acids is 1. The number of aliphatic hydroxyl groups excluding tert-OH is 1. The Morgan fingerprint density at radius 3 is 2.90 bits per heavy atom. The van der Waals surface area contributed by atoms with Gasteiger partial charge < -0.3 is 10.4 Å². The molecule has 0 aliphatic heterocycles. The van der Waals surface area contributed by atoms with Gasteiger partial charge in [0.2, 0.25) is 0 Å². The van der Waals surface area contributed by atoms with Crippen molar-refractivity contribution in [3.63, 3.8) is 0 Å². The predicted molar refractivity (Wildman–Crippen MR) is 82.7 cm³/mol. The molecule has 1 amide bonds. The number of fused-ring (bicyclic) bond motifs is 1. The Hall–Kier alpha value is -1.53. The van der Waals surface area contributed by atoms with Crippen molar-refractivity contribution in [1.82, 2.24) is 14.7 Å². The average Bonchev–Trinajstić information content (AvgIpc) is 3.12. The molecule has 6 heteroatoms. The number of imidazole rings is 1. The second-order valence-electron chi connectivity index (χ2n) is 5.50. The van der Waals surface area contributed by atoms with E-state index in [-0.39, 0.29) is 12.5 Å².